The van der Waals surface area contributed by atoms with Gasteiger partial charge in [-0.25, -0.2) is 9.78 Å². The molecule has 0 spiro atoms. The summed E-state index contributed by atoms with van der Waals surface area (Å²) < 4.78 is 7.47. The molecule has 4 nitrogen and oxygen atoms in total. The second-order valence-electron chi connectivity index (χ2n) is 5.59. The van der Waals surface area contributed by atoms with Crippen molar-refractivity contribution in [2.75, 3.05) is 0 Å². The molecule has 0 amide bonds. The monoisotopic (exact) mass is 386 g/mol. The molecule has 1 aromatic heterocycles. The van der Waals surface area contributed by atoms with Gasteiger partial charge in [-0.05, 0) is 23.8 Å². The SMILES string of the molecule is O=C(/C=C/c1ccccc1)OC(Cn1ccnc1)c1ccc(Cl)cc1Cl. The van der Waals surface area contributed by atoms with Gasteiger partial charge in [-0.1, -0.05) is 59.6 Å². The molecule has 1 atom stereocenters. The molecule has 132 valence electrons. The predicted octanol–water partition coefficient (Wildman–Crippen LogP) is 5.19. The molecule has 6 heteroatoms. The first kappa shape index (κ1) is 18.2. The Hall–Kier alpha value is -2.56. The van der Waals surface area contributed by atoms with E-state index in [4.69, 9.17) is 27.9 Å². The fourth-order valence-corrected chi connectivity index (χ4v) is 2.99. The van der Waals surface area contributed by atoms with Gasteiger partial charge in [-0.2, -0.15) is 0 Å². The molecule has 1 heterocycles. The van der Waals surface area contributed by atoms with Gasteiger partial charge in [0.15, 0.2) is 0 Å². The van der Waals surface area contributed by atoms with Gasteiger partial charge in [0.1, 0.15) is 6.10 Å². The van der Waals surface area contributed by atoms with E-state index in [-0.39, 0.29) is 0 Å². The topological polar surface area (TPSA) is 44.1 Å². The molecule has 3 rings (SSSR count). The zero-order valence-corrected chi connectivity index (χ0v) is 15.3. The van der Waals surface area contributed by atoms with Gasteiger partial charge in [0.25, 0.3) is 0 Å². The van der Waals surface area contributed by atoms with Crippen LogP contribution >= 0.6 is 23.2 Å². The molecule has 26 heavy (non-hydrogen) atoms. The second-order valence-corrected chi connectivity index (χ2v) is 6.44. The van der Waals surface area contributed by atoms with Gasteiger partial charge in [0, 0.05) is 34.1 Å². The van der Waals surface area contributed by atoms with E-state index in [1.54, 1.807) is 43.0 Å². The smallest absolute Gasteiger partial charge is 0.331 e. The Balaban J connectivity index is 1.79. The molecular weight excluding hydrogens is 371 g/mol. The minimum atomic E-state index is -0.568. The average molecular weight is 387 g/mol. The highest BCUT2D eigenvalue weighted by Gasteiger charge is 2.19. The summed E-state index contributed by atoms with van der Waals surface area (Å²) in [6, 6.07) is 14.6. The van der Waals surface area contributed by atoms with Crippen molar-refractivity contribution in [3.63, 3.8) is 0 Å². The molecule has 0 aliphatic heterocycles. The summed E-state index contributed by atoms with van der Waals surface area (Å²) >= 11 is 12.3. The predicted molar refractivity (Wildman–Crippen MR) is 103 cm³/mol. The summed E-state index contributed by atoms with van der Waals surface area (Å²) in [4.78, 5) is 16.3. The molecule has 0 saturated carbocycles. The number of carbonyl (C=O) groups is 1. The van der Waals surface area contributed by atoms with Crippen LogP contribution in [-0.4, -0.2) is 15.5 Å². The zero-order valence-electron chi connectivity index (χ0n) is 13.8. The molecule has 1 unspecified atom stereocenters. The van der Waals surface area contributed by atoms with Crippen LogP contribution in [0.15, 0.2) is 73.3 Å². The van der Waals surface area contributed by atoms with E-state index >= 15 is 0 Å². The first-order valence-electron chi connectivity index (χ1n) is 7.96. The molecular formula is C20H16Cl2N2O2. The quantitative estimate of drug-likeness (QED) is 0.432. The third-order valence-corrected chi connectivity index (χ3v) is 4.28. The van der Waals surface area contributed by atoms with E-state index in [2.05, 4.69) is 4.98 Å². The Morgan fingerprint density at radius 3 is 2.69 bits per heavy atom. The lowest BCUT2D eigenvalue weighted by atomic mass is 10.1. The molecule has 0 aliphatic carbocycles. The summed E-state index contributed by atoms with van der Waals surface area (Å²) in [5.74, 6) is -0.454. The van der Waals surface area contributed by atoms with Gasteiger partial charge < -0.3 is 9.30 Å². The van der Waals surface area contributed by atoms with Gasteiger partial charge >= 0.3 is 5.97 Å². The maximum absolute atomic E-state index is 12.3. The summed E-state index contributed by atoms with van der Waals surface area (Å²) in [5.41, 5.74) is 1.60. The van der Waals surface area contributed by atoms with Crippen LogP contribution in [0.3, 0.4) is 0 Å². The van der Waals surface area contributed by atoms with E-state index in [0.29, 0.717) is 22.2 Å². The van der Waals surface area contributed by atoms with Gasteiger partial charge in [0.05, 0.1) is 12.9 Å². The lowest BCUT2D eigenvalue weighted by molar-refractivity contribution is -0.144. The standard InChI is InChI=1S/C20H16Cl2N2O2/c21-16-7-8-17(18(22)12-16)19(13-24-11-10-23-14-24)26-20(25)9-6-15-4-2-1-3-5-15/h1-12,14,19H,13H2/b9-6+. The van der Waals surface area contributed by atoms with Crippen LogP contribution in [0.4, 0.5) is 0 Å². The maximum atomic E-state index is 12.3. The first-order valence-corrected chi connectivity index (χ1v) is 8.72. The zero-order chi connectivity index (χ0) is 18.4. The molecule has 2 aromatic carbocycles. The normalized spacial score (nSPS) is 12.2. The number of halogens is 2. The lowest BCUT2D eigenvalue weighted by Gasteiger charge is -2.19. The van der Waals surface area contributed by atoms with Crippen molar-refractivity contribution in [3.8, 4) is 0 Å². The van der Waals surface area contributed by atoms with Gasteiger partial charge in [-0.15, -0.1) is 0 Å². The number of benzene rings is 2. The fourth-order valence-electron chi connectivity index (χ4n) is 2.46. The Labute approximate surface area is 161 Å². The van der Waals surface area contributed by atoms with E-state index in [9.17, 15) is 4.79 Å². The van der Waals surface area contributed by atoms with Crippen molar-refractivity contribution >= 4 is 35.2 Å². The average Bonchev–Trinajstić information content (AvgIpc) is 3.13. The number of carbonyl (C=O) groups excluding carboxylic acids is 1. The largest absolute Gasteiger partial charge is 0.452 e. The molecule has 0 bridgehead atoms. The highest BCUT2D eigenvalue weighted by Crippen LogP contribution is 2.30. The van der Waals surface area contributed by atoms with Crippen LogP contribution in [0.25, 0.3) is 6.08 Å². The molecule has 0 N–H and O–H groups in total. The highest BCUT2D eigenvalue weighted by molar-refractivity contribution is 6.35. The molecule has 0 fully saturated rings. The van der Waals surface area contributed by atoms with Gasteiger partial charge in [0.2, 0.25) is 0 Å². The van der Waals surface area contributed by atoms with Crippen LogP contribution < -0.4 is 0 Å². The number of esters is 1. The number of hydrogen-bond donors (Lipinski definition) is 0. The third-order valence-electron chi connectivity index (χ3n) is 3.72. The summed E-state index contributed by atoms with van der Waals surface area (Å²) in [6.45, 7) is 0.395. The molecule has 0 saturated heterocycles. The summed E-state index contributed by atoms with van der Waals surface area (Å²) in [7, 11) is 0. The molecule has 3 aromatic rings. The number of rotatable bonds is 6. The van der Waals surface area contributed by atoms with Crippen LogP contribution in [0.2, 0.25) is 10.0 Å². The second kappa shape index (κ2) is 8.70. The van der Waals surface area contributed by atoms with Crippen molar-refractivity contribution in [1.82, 2.24) is 9.55 Å². The van der Waals surface area contributed by atoms with Crippen LogP contribution in [0.5, 0.6) is 0 Å². The Bertz CT molecular complexity index is 893. The van der Waals surface area contributed by atoms with Gasteiger partial charge in [-0.3, -0.25) is 0 Å². The van der Waals surface area contributed by atoms with E-state index < -0.39 is 12.1 Å². The highest BCUT2D eigenvalue weighted by atomic mass is 35.5. The third kappa shape index (κ3) is 4.97. The first-order chi connectivity index (χ1) is 12.6. The van der Waals surface area contributed by atoms with Crippen LogP contribution in [0.1, 0.15) is 17.2 Å². The molecule has 0 aliphatic rings. The van der Waals surface area contributed by atoms with E-state index in [0.717, 1.165) is 5.56 Å². The number of nitrogens with zero attached hydrogens (tertiary/aromatic N) is 2. The van der Waals surface area contributed by atoms with E-state index in [1.165, 1.54) is 6.08 Å². The van der Waals surface area contributed by atoms with Crippen molar-refractivity contribution in [2.24, 2.45) is 0 Å². The minimum absolute atomic E-state index is 0.395. The lowest BCUT2D eigenvalue weighted by Crippen LogP contribution is -2.15. The van der Waals surface area contributed by atoms with Crippen molar-refractivity contribution in [1.29, 1.82) is 0 Å². The number of aromatic nitrogens is 2. The van der Waals surface area contributed by atoms with E-state index in [1.807, 2.05) is 34.9 Å². The minimum Gasteiger partial charge on any atom is -0.452 e. The summed E-state index contributed by atoms with van der Waals surface area (Å²) in [5, 5.41) is 0.970. The van der Waals surface area contributed by atoms with Crippen molar-refractivity contribution in [3.05, 3.63) is 94.5 Å². The Morgan fingerprint density at radius 2 is 2.00 bits per heavy atom. The van der Waals surface area contributed by atoms with Crippen LogP contribution in [0, 0.1) is 0 Å². The Kier molecular flexibility index (Phi) is 6.10. The maximum Gasteiger partial charge on any atom is 0.331 e. The number of ether oxygens (including phenoxy) is 1. The summed E-state index contributed by atoms with van der Waals surface area (Å²) in [6.07, 6.45) is 7.66. The van der Waals surface area contributed by atoms with Crippen molar-refractivity contribution < 1.29 is 9.53 Å². The number of imidazole rings is 1. The fraction of sp³-hybridized carbons (Fsp3) is 0.100. The van der Waals surface area contributed by atoms with Crippen molar-refractivity contribution in [2.45, 2.75) is 12.6 Å². The number of hydrogen-bond acceptors (Lipinski definition) is 3. The Morgan fingerprint density at radius 1 is 1.19 bits per heavy atom. The van der Waals surface area contributed by atoms with Crippen LogP contribution in [-0.2, 0) is 16.1 Å². The molecule has 0 radical (unpaired) electrons.